The zero-order chi connectivity index (χ0) is 29.6. The Labute approximate surface area is 240 Å². The highest BCUT2D eigenvalue weighted by molar-refractivity contribution is 7.99. The summed E-state index contributed by atoms with van der Waals surface area (Å²) >= 11 is 2.18. The molecule has 0 bridgehead atoms. The van der Waals surface area contributed by atoms with Gasteiger partial charge in [0.2, 0.25) is 11.7 Å². The highest BCUT2D eigenvalue weighted by atomic mass is 32.2. The molecule has 14 heteroatoms. The molecule has 0 spiro atoms. The number of amides is 2. The molecule has 1 aromatic carbocycles. The second kappa shape index (κ2) is 13.3. The molecule has 214 valence electrons. The van der Waals surface area contributed by atoms with Gasteiger partial charge in [-0.3, -0.25) is 14.2 Å². The summed E-state index contributed by atoms with van der Waals surface area (Å²) in [6.07, 6.45) is 1.69. The second-order valence-electron chi connectivity index (χ2n) is 8.41. The van der Waals surface area contributed by atoms with E-state index in [-0.39, 0.29) is 22.2 Å². The molecule has 3 rings (SSSR count). The Bertz CT molecular complexity index is 1410. The number of hydrogen-bond donors (Lipinski definition) is 1. The molecule has 12 nitrogen and oxygen atoms in total. The number of nitrogens with zero attached hydrogens (tertiary/aromatic N) is 4. The SMILES string of the molecule is C=CCn1c(SCC(=O)Nc2sc(C(=O)N(C)C)c(C)c2C(=O)OC)nnc1-c1cc(OC)c(OC)c(OC)c1. The first-order chi connectivity index (χ1) is 19.1. The first-order valence-electron chi connectivity index (χ1n) is 11.8. The molecule has 3 aromatic rings. The summed E-state index contributed by atoms with van der Waals surface area (Å²) in [5, 5.41) is 12.1. The van der Waals surface area contributed by atoms with Crippen LogP contribution in [-0.4, -0.2) is 85.7 Å². The summed E-state index contributed by atoms with van der Waals surface area (Å²) in [7, 11) is 9.03. The van der Waals surface area contributed by atoms with Crippen LogP contribution in [0.15, 0.2) is 29.9 Å². The molecule has 0 aliphatic rings. The number of nitrogens with one attached hydrogen (secondary N) is 1. The zero-order valence-corrected chi connectivity index (χ0v) is 24.9. The van der Waals surface area contributed by atoms with Gasteiger partial charge in [-0.1, -0.05) is 17.8 Å². The average Bonchev–Trinajstić information content (AvgIpc) is 3.50. The van der Waals surface area contributed by atoms with Gasteiger partial charge in [0, 0.05) is 26.2 Å². The molecule has 0 radical (unpaired) electrons. The van der Waals surface area contributed by atoms with Gasteiger partial charge in [-0.2, -0.15) is 0 Å². The third-order valence-corrected chi connectivity index (χ3v) is 7.84. The van der Waals surface area contributed by atoms with Crippen molar-refractivity contribution >= 4 is 45.9 Å². The Balaban J connectivity index is 1.88. The smallest absolute Gasteiger partial charge is 0.341 e. The van der Waals surface area contributed by atoms with Gasteiger partial charge in [0.15, 0.2) is 22.5 Å². The number of aromatic nitrogens is 3. The van der Waals surface area contributed by atoms with Crippen LogP contribution in [0.1, 0.15) is 25.6 Å². The molecular weight excluding hydrogens is 558 g/mol. The second-order valence-corrected chi connectivity index (χ2v) is 10.4. The molecule has 2 aromatic heterocycles. The number of hydrogen-bond acceptors (Lipinski definition) is 11. The number of ether oxygens (including phenoxy) is 4. The topological polar surface area (TPSA) is 134 Å². The summed E-state index contributed by atoms with van der Waals surface area (Å²) in [4.78, 5) is 39.7. The van der Waals surface area contributed by atoms with Crippen molar-refractivity contribution in [3.05, 3.63) is 40.8 Å². The fourth-order valence-corrected chi connectivity index (χ4v) is 5.74. The van der Waals surface area contributed by atoms with Gasteiger partial charge in [-0.25, -0.2) is 4.79 Å². The van der Waals surface area contributed by atoms with Crippen molar-refractivity contribution in [3.63, 3.8) is 0 Å². The minimum atomic E-state index is -0.643. The lowest BCUT2D eigenvalue weighted by molar-refractivity contribution is -0.113. The quantitative estimate of drug-likeness (QED) is 0.189. The normalized spacial score (nSPS) is 10.6. The first kappa shape index (κ1) is 30.5. The Morgan fingerprint density at radius 1 is 1.10 bits per heavy atom. The summed E-state index contributed by atoms with van der Waals surface area (Å²) in [6, 6.07) is 3.51. The number of carbonyl (C=O) groups is 3. The number of allylic oxidation sites excluding steroid dienone is 1. The fourth-order valence-electron chi connectivity index (χ4n) is 3.76. The lowest BCUT2D eigenvalue weighted by Gasteiger charge is -2.14. The van der Waals surface area contributed by atoms with E-state index in [2.05, 4.69) is 22.1 Å². The number of carbonyl (C=O) groups excluding carboxylic acids is 3. The van der Waals surface area contributed by atoms with E-state index in [0.29, 0.717) is 50.8 Å². The van der Waals surface area contributed by atoms with Crippen LogP contribution in [0.5, 0.6) is 17.2 Å². The molecule has 40 heavy (non-hydrogen) atoms. The van der Waals surface area contributed by atoms with Gasteiger partial charge in [-0.15, -0.1) is 28.1 Å². The average molecular weight is 590 g/mol. The predicted octanol–water partition coefficient (Wildman–Crippen LogP) is 3.75. The van der Waals surface area contributed by atoms with Crippen LogP contribution < -0.4 is 19.5 Å². The maximum atomic E-state index is 13.0. The number of benzene rings is 1. The van der Waals surface area contributed by atoms with E-state index in [1.54, 1.807) is 43.8 Å². The molecule has 0 fully saturated rings. The van der Waals surface area contributed by atoms with Gasteiger partial charge < -0.3 is 29.2 Å². The number of anilines is 1. The lowest BCUT2D eigenvalue weighted by atomic mass is 10.1. The Kier molecular flexibility index (Phi) is 10.2. The molecule has 0 saturated heterocycles. The summed E-state index contributed by atoms with van der Waals surface area (Å²) in [6.45, 7) is 5.84. The van der Waals surface area contributed by atoms with Gasteiger partial charge >= 0.3 is 5.97 Å². The lowest BCUT2D eigenvalue weighted by Crippen LogP contribution is -2.21. The largest absolute Gasteiger partial charge is 0.493 e. The van der Waals surface area contributed by atoms with Crippen LogP contribution in [-0.2, 0) is 16.1 Å². The molecule has 1 N–H and O–H groups in total. The van der Waals surface area contributed by atoms with E-state index in [0.717, 1.165) is 23.1 Å². The van der Waals surface area contributed by atoms with E-state index >= 15 is 0 Å². The van der Waals surface area contributed by atoms with E-state index in [1.165, 1.54) is 33.3 Å². The summed E-state index contributed by atoms with van der Waals surface area (Å²) in [5.74, 6) is 0.504. The Morgan fingerprint density at radius 3 is 2.27 bits per heavy atom. The van der Waals surface area contributed by atoms with Crippen LogP contribution in [0.4, 0.5) is 5.00 Å². The molecule has 0 aliphatic heterocycles. The molecular formula is C26H31N5O7S2. The van der Waals surface area contributed by atoms with Crippen LogP contribution in [0.25, 0.3) is 11.4 Å². The summed E-state index contributed by atoms with van der Waals surface area (Å²) in [5.41, 5.74) is 1.25. The van der Waals surface area contributed by atoms with Crippen molar-refractivity contribution in [1.82, 2.24) is 19.7 Å². The van der Waals surface area contributed by atoms with Crippen LogP contribution in [0.3, 0.4) is 0 Å². The van der Waals surface area contributed by atoms with Gasteiger partial charge in [0.1, 0.15) is 5.00 Å². The monoisotopic (exact) mass is 589 g/mol. The minimum absolute atomic E-state index is 0.0426. The molecule has 0 aliphatic carbocycles. The molecule has 2 amide bonds. The van der Waals surface area contributed by atoms with Crippen LogP contribution in [0.2, 0.25) is 0 Å². The molecule has 2 heterocycles. The van der Waals surface area contributed by atoms with Crippen molar-refractivity contribution in [1.29, 1.82) is 0 Å². The number of rotatable bonds is 12. The van der Waals surface area contributed by atoms with Crippen molar-refractivity contribution < 1.29 is 33.3 Å². The van der Waals surface area contributed by atoms with Gasteiger partial charge in [0.25, 0.3) is 5.91 Å². The Hall–Kier alpha value is -4.04. The van der Waals surface area contributed by atoms with E-state index in [4.69, 9.17) is 18.9 Å². The maximum absolute atomic E-state index is 13.0. The number of methoxy groups -OCH3 is 4. The Morgan fingerprint density at radius 2 is 1.75 bits per heavy atom. The fraction of sp³-hybridized carbons (Fsp3) is 0.346. The van der Waals surface area contributed by atoms with E-state index in [9.17, 15) is 14.4 Å². The van der Waals surface area contributed by atoms with Crippen LogP contribution in [0, 0.1) is 6.92 Å². The third kappa shape index (κ3) is 6.23. The molecule has 0 atom stereocenters. The van der Waals surface area contributed by atoms with Crippen molar-refractivity contribution in [2.24, 2.45) is 0 Å². The standard InChI is InChI=1S/C26H31N5O7S2/c1-9-10-31-22(15-11-16(35-5)20(37-7)17(12-15)36-6)28-29-26(31)39-13-18(32)27-23-19(25(34)38-8)14(2)21(40-23)24(33)30(3)4/h9,11-12H,1,10,13H2,2-8H3,(H,27,32). The predicted molar refractivity (Wildman–Crippen MR) is 153 cm³/mol. The minimum Gasteiger partial charge on any atom is -0.493 e. The highest BCUT2D eigenvalue weighted by Gasteiger charge is 2.27. The van der Waals surface area contributed by atoms with Crippen molar-refractivity contribution in [2.45, 2.75) is 18.6 Å². The van der Waals surface area contributed by atoms with Gasteiger partial charge in [0.05, 0.1) is 44.6 Å². The zero-order valence-electron chi connectivity index (χ0n) is 23.3. The van der Waals surface area contributed by atoms with Gasteiger partial charge in [-0.05, 0) is 24.6 Å². The number of esters is 1. The van der Waals surface area contributed by atoms with Crippen molar-refractivity contribution in [3.8, 4) is 28.6 Å². The van der Waals surface area contributed by atoms with Crippen LogP contribution >= 0.6 is 23.1 Å². The number of thiophene rings is 1. The molecule has 0 unspecified atom stereocenters. The third-order valence-electron chi connectivity index (χ3n) is 5.67. The highest BCUT2D eigenvalue weighted by Crippen LogP contribution is 2.41. The van der Waals surface area contributed by atoms with E-state index < -0.39 is 11.9 Å². The van der Waals surface area contributed by atoms with Crippen molar-refractivity contribution in [2.75, 3.05) is 53.6 Å². The molecule has 0 saturated carbocycles. The first-order valence-corrected chi connectivity index (χ1v) is 13.6. The maximum Gasteiger partial charge on any atom is 0.341 e. The number of thioether (sulfide) groups is 1. The summed E-state index contributed by atoms with van der Waals surface area (Å²) < 4.78 is 23.0. The van der Waals surface area contributed by atoms with E-state index in [1.807, 2.05) is 0 Å².